The van der Waals surface area contributed by atoms with Gasteiger partial charge in [-0.3, -0.25) is 10.1 Å². The average molecular weight is 385 g/mol. The zero-order chi connectivity index (χ0) is 20.1. The fourth-order valence-corrected chi connectivity index (χ4v) is 2.72. The summed E-state index contributed by atoms with van der Waals surface area (Å²) in [5, 5.41) is 5.72. The van der Waals surface area contributed by atoms with Gasteiger partial charge in [-0.15, -0.1) is 0 Å². The van der Waals surface area contributed by atoms with Gasteiger partial charge in [0, 0.05) is 12.6 Å². The maximum Gasteiger partial charge on any atom is 0.412 e. The van der Waals surface area contributed by atoms with Crippen molar-refractivity contribution < 1.29 is 19.1 Å². The first kappa shape index (κ1) is 22.1. The number of carbonyl (C=O) groups is 2. The summed E-state index contributed by atoms with van der Waals surface area (Å²) >= 11 is 6.35. The molecular weight excluding hydrogens is 356 g/mol. The maximum absolute atomic E-state index is 12.2. The first-order valence-corrected chi connectivity index (χ1v) is 9.26. The smallest absolute Gasteiger partial charge is 0.412 e. The van der Waals surface area contributed by atoms with E-state index >= 15 is 0 Å². The van der Waals surface area contributed by atoms with E-state index in [-0.39, 0.29) is 17.0 Å². The predicted octanol–water partition coefficient (Wildman–Crippen LogP) is 4.79. The van der Waals surface area contributed by atoms with Crippen LogP contribution in [0.1, 0.15) is 64.4 Å². The number of fused-ring (bicyclic) bond motifs is 1. The molecule has 6 nitrogen and oxygen atoms in total. The van der Waals surface area contributed by atoms with Crippen LogP contribution in [0.5, 0.6) is 5.75 Å². The van der Waals surface area contributed by atoms with Gasteiger partial charge in [-0.2, -0.15) is 0 Å². The van der Waals surface area contributed by atoms with Crippen LogP contribution in [0.2, 0.25) is 5.02 Å². The van der Waals surface area contributed by atoms with Crippen LogP contribution in [0.25, 0.3) is 0 Å². The molecule has 2 amide bonds. The third-order valence-corrected chi connectivity index (χ3v) is 3.60. The molecule has 7 heteroatoms. The largest absolute Gasteiger partial charge is 0.489 e. The zero-order valence-corrected chi connectivity index (χ0v) is 17.3. The Morgan fingerprint density at radius 3 is 2.46 bits per heavy atom. The minimum absolute atomic E-state index is 0.124. The molecule has 0 bridgehead atoms. The molecule has 0 saturated heterocycles. The number of halogens is 1. The average Bonchev–Trinajstić information content (AvgIpc) is 2.51. The second kappa shape index (κ2) is 9.12. The van der Waals surface area contributed by atoms with Gasteiger partial charge in [0.15, 0.2) is 0 Å². The Bertz CT molecular complexity index is 666. The van der Waals surface area contributed by atoms with Gasteiger partial charge in [0.25, 0.3) is 5.91 Å². The van der Waals surface area contributed by atoms with Crippen molar-refractivity contribution in [3.8, 4) is 5.75 Å². The van der Waals surface area contributed by atoms with E-state index in [0.29, 0.717) is 35.5 Å². The molecule has 146 valence electrons. The van der Waals surface area contributed by atoms with E-state index < -0.39 is 11.7 Å². The van der Waals surface area contributed by atoms with Crippen LogP contribution >= 0.6 is 11.6 Å². The Balaban J connectivity index is 0.00000163. The molecule has 1 aliphatic rings. The molecule has 0 atom stereocenters. The summed E-state index contributed by atoms with van der Waals surface area (Å²) in [6, 6.07) is 1.64. The van der Waals surface area contributed by atoms with Gasteiger partial charge in [-0.05, 0) is 46.6 Å². The maximum atomic E-state index is 12.2. The fraction of sp³-hybridized carbons (Fsp3) is 0.579. The highest BCUT2D eigenvalue weighted by molar-refractivity contribution is 6.36. The molecule has 0 radical (unpaired) electrons. The van der Waals surface area contributed by atoms with Crippen LogP contribution in [0.3, 0.4) is 0 Å². The van der Waals surface area contributed by atoms with Crippen molar-refractivity contribution in [2.24, 2.45) is 0 Å². The lowest BCUT2D eigenvalue weighted by molar-refractivity contribution is 0.0635. The van der Waals surface area contributed by atoms with Gasteiger partial charge in [0.1, 0.15) is 11.4 Å². The molecule has 2 N–H and O–H groups in total. The molecule has 0 spiro atoms. The van der Waals surface area contributed by atoms with Gasteiger partial charge in [-0.1, -0.05) is 25.4 Å². The Kier molecular flexibility index (Phi) is 7.75. The zero-order valence-electron chi connectivity index (χ0n) is 16.6. The number of amides is 2. The van der Waals surface area contributed by atoms with Crippen LogP contribution < -0.4 is 15.4 Å². The SMILES string of the molecule is CC.CC(C)Oc1cc(NC(=O)OC(C)(C)C)c2c(c1Cl)C(=O)NCC2. The number of nitrogens with one attached hydrogen (secondary N) is 2. The van der Waals surface area contributed by atoms with E-state index in [1.54, 1.807) is 26.8 Å². The lowest BCUT2D eigenvalue weighted by Crippen LogP contribution is -2.34. The van der Waals surface area contributed by atoms with Gasteiger partial charge in [-0.25, -0.2) is 4.79 Å². The highest BCUT2D eigenvalue weighted by Crippen LogP contribution is 2.38. The number of carbonyl (C=O) groups excluding carboxylic acids is 2. The minimum atomic E-state index is -0.620. The number of hydrogen-bond acceptors (Lipinski definition) is 4. The fourth-order valence-electron chi connectivity index (χ4n) is 2.42. The lowest BCUT2D eigenvalue weighted by atomic mass is 9.97. The molecule has 2 rings (SSSR count). The molecule has 26 heavy (non-hydrogen) atoms. The summed E-state index contributed by atoms with van der Waals surface area (Å²) in [7, 11) is 0. The third-order valence-electron chi connectivity index (χ3n) is 3.22. The minimum Gasteiger partial charge on any atom is -0.489 e. The molecule has 0 saturated carbocycles. The summed E-state index contributed by atoms with van der Waals surface area (Å²) < 4.78 is 11.0. The summed E-state index contributed by atoms with van der Waals surface area (Å²) in [6.45, 7) is 13.5. The Hall–Kier alpha value is -1.95. The molecule has 0 fully saturated rings. The van der Waals surface area contributed by atoms with Crippen LogP contribution in [0.4, 0.5) is 10.5 Å². The molecule has 0 aliphatic carbocycles. The van der Waals surface area contributed by atoms with Crippen LogP contribution in [-0.4, -0.2) is 30.3 Å². The lowest BCUT2D eigenvalue weighted by Gasteiger charge is -2.25. The number of anilines is 1. The molecule has 0 unspecified atom stereocenters. The Morgan fingerprint density at radius 1 is 1.31 bits per heavy atom. The van der Waals surface area contributed by atoms with Crippen molar-refractivity contribution in [3.63, 3.8) is 0 Å². The van der Waals surface area contributed by atoms with Crippen molar-refractivity contribution in [2.45, 2.75) is 66.6 Å². The summed E-state index contributed by atoms with van der Waals surface area (Å²) in [4.78, 5) is 24.3. The van der Waals surface area contributed by atoms with Crippen molar-refractivity contribution in [1.82, 2.24) is 5.32 Å². The van der Waals surface area contributed by atoms with Crippen molar-refractivity contribution in [1.29, 1.82) is 0 Å². The van der Waals surface area contributed by atoms with E-state index in [0.717, 1.165) is 0 Å². The predicted molar refractivity (Wildman–Crippen MR) is 104 cm³/mol. The quantitative estimate of drug-likeness (QED) is 0.785. The Morgan fingerprint density at radius 2 is 1.92 bits per heavy atom. The Labute approximate surface area is 160 Å². The molecule has 1 heterocycles. The molecule has 1 aromatic carbocycles. The summed E-state index contributed by atoms with van der Waals surface area (Å²) in [5.41, 5.74) is 0.887. The second-order valence-electron chi connectivity index (χ2n) is 6.89. The highest BCUT2D eigenvalue weighted by atomic mass is 35.5. The van der Waals surface area contributed by atoms with Crippen LogP contribution in [0.15, 0.2) is 6.07 Å². The first-order chi connectivity index (χ1) is 12.1. The van der Waals surface area contributed by atoms with Crippen molar-refractivity contribution in [2.75, 3.05) is 11.9 Å². The number of benzene rings is 1. The summed E-state index contributed by atoms with van der Waals surface area (Å²) in [6.07, 6.45) is -0.150. The number of hydrogen-bond donors (Lipinski definition) is 2. The molecule has 1 aromatic rings. The van der Waals surface area contributed by atoms with E-state index in [1.165, 1.54) is 0 Å². The number of ether oxygens (including phenoxy) is 2. The van der Waals surface area contributed by atoms with E-state index in [2.05, 4.69) is 10.6 Å². The van der Waals surface area contributed by atoms with Gasteiger partial charge in [0.05, 0.1) is 22.4 Å². The highest BCUT2D eigenvalue weighted by Gasteiger charge is 2.28. The molecule has 0 aromatic heterocycles. The van der Waals surface area contributed by atoms with E-state index in [9.17, 15) is 9.59 Å². The number of rotatable bonds is 3. The van der Waals surface area contributed by atoms with Crippen molar-refractivity contribution in [3.05, 3.63) is 22.2 Å². The van der Waals surface area contributed by atoms with Crippen LogP contribution in [-0.2, 0) is 11.2 Å². The van der Waals surface area contributed by atoms with E-state index in [1.807, 2.05) is 27.7 Å². The molecular formula is C19H29ClN2O4. The normalized spacial score (nSPS) is 13.2. The van der Waals surface area contributed by atoms with Crippen LogP contribution in [0, 0.1) is 0 Å². The topological polar surface area (TPSA) is 76.7 Å². The monoisotopic (exact) mass is 384 g/mol. The molecule has 1 aliphatic heterocycles. The van der Waals surface area contributed by atoms with Gasteiger partial charge >= 0.3 is 6.09 Å². The third kappa shape index (κ3) is 5.80. The first-order valence-electron chi connectivity index (χ1n) is 8.88. The van der Waals surface area contributed by atoms with E-state index in [4.69, 9.17) is 21.1 Å². The standard InChI is InChI=1S/C17H23ClN2O4.C2H6/c1-9(2)23-12-8-11(20-16(22)24-17(3,4)5)10-6-7-19-15(21)13(10)14(12)18;1-2/h8-9H,6-7H2,1-5H3,(H,19,21)(H,20,22);1-2H3. The second-order valence-corrected chi connectivity index (χ2v) is 7.27. The van der Waals surface area contributed by atoms with Gasteiger partial charge < -0.3 is 14.8 Å². The van der Waals surface area contributed by atoms with Gasteiger partial charge in [0.2, 0.25) is 0 Å². The van der Waals surface area contributed by atoms with Crippen molar-refractivity contribution >= 4 is 29.3 Å². The summed E-state index contributed by atoms with van der Waals surface area (Å²) in [5.74, 6) is 0.0798.